The summed E-state index contributed by atoms with van der Waals surface area (Å²) in [5.74, 6) is -0.603. The lowest BCUT2D eigenvalue weighted by Crippen LogP contribution is -2.38. The monoisotopic (exact) mass is 634 g/mol. The summed E-state index contributed by atoms with van der Waals surface area (Å²) < 4.78 is 55.3. The molecule has 0 atom stereocenters. The van der Waals surface area contributed by atoms with Crippen molar-refractivity contribution in [3.63, 3.8) is 0 Å². The van der Waals surface area contributed by atoms with Crippen molar-refractivity contribution >= 4 is 32.5 Å². The number of urea groups is 1. The minimum Gasteiger partial charge on any atom is -0.324 e. The third kappa shape index (κ3) is 8.05. The maximum atomic E-state index is 13.7. The third-order valence-electron chi connectivity index (χ3n) is 6.95. The summed E-state index contributed by atoms with van der Waals surface area (Å²) in [7, 11) is -3.34. The Balaban J connectivity index is 1.34. The van der Waals surface area contributed by atoms with Crippen LogP contribution in [0.3, 0.4) is 0 Å². The number of amides is 2. The van der Waals surface area contributed by atoms with E-state index in [9.17, 15) is 22.0 Å². The quantitative estimate of drug-likeness (QED) is 0.190. The van der Waals surface area contributed by atoms with E-state index < -0.39 is 15.9 Å². The van der Waals surface area contributed by atoms with Crippen molar-refractivity contribution in [2.45, 2.75) is 23.7 Å². The number of carbonyl (C=O) groups is 1. The molecule has 2 aromatic heterocycles. The van der Waals surface area contributed by atoms with E-state index in [1.54, 1.807) is 59.9 Å². The van der Waals surface area contributed by atoms with Gasteiger partial charge in [-0.1, -0.05) is 24.3 Å². The van der Waals surface area contributed by atoms with Gasteiger partial charge in [0.1, 0.15) is 11.6 Å². The van der Waals surface area contributed by atoms with Gasteiger partial charge in [-0.15, -0.1) is 0 Å². The van der Waals surface area contributed by atoms with E-state index in [1.807, 2.05) is 0 Å². The Hall–Kier alpha value is -4.62. The van der Waals surface area contributed by atoms with E-state index in [0.717, 1.165) is 34.6 Å². The molecule has 3 aromatic carbocycles. The average Bonchev–Trinajstić information content (AvgIpc) is 3.49. The Morgan fingerprint density at radius 1 is 0.909 bits per heavy atom. The zero-order valence-corrected chi connectivity index (χ0v) is 25.2. The largest absolute Gasteiger partial charge is 0.324 e. The minimum absolute atomic E-state index is 0.184. The molecule has 0 spiro atoms. The van der Waals surface area contributed by atoms with Crippen molar-refractivity contribution < 1.29 is 22.0 Å². The van der Waals surface area contributed by atoms with Crippen LogP contribution in [-0.4, -0.2) is 58.0 Å². The molecule has 0 unspecified atom stereocenters. The van der Waals surface area contributed by atoms with Crippen molar-refractivity contribution in [3.05, 3.63) is 120 Å². The van der Waals surface area contributed by atoms with Gasteiger partial charge in [0, 0.05) is 67.4 Å². The van der Waals surface area contributed by atoms with Gasteiger partial charge < -0.3 is 4.90 Å². The lowest BCUT2D eigenvalue weighted by atomic mass is 9.88. The molecule has 1 N–H and O–H groups in total. The number of rotatable bonds is 11. The number of hydrogen-bond donors (Lipinski definition) is 1. The summed E-state index contributed by atoms with van der Waals surface area (Å²) in [5.41, 5.74) is 3.00. The van der Waals surface area contributed by atoms with Crippen LogP contribution >= 0.6 is 11.5 Å². The van der Waals surface area contributed by atoms with Gasteiger partial charge >= 0.3 is 6.03 Å². The van der Waals surface area contributed by atoms with Crippen LogP contribution in [-0.2, 0) is 16.3 Å². The van der Waals surface area contributed by atoms with E-state index in [-0.39, 0.29) is 27.6 Å². The fraction of sp³-hybridized carbons (Fsp3) is 0.194. The van der Waals surface area contributed by atoms with Crippen molar-refractivity contribution in [1.82, 2.24) is 24.2 Å². The zero-order valence-electron chi connectivity index (χ0n) is 23.6. The maximum Gasteiger partial charge on any atom is 0.323 e. The standard InChI is InChI=1S/C31H28F2N6O3S2/c1-44(41,42)27-12-6-23(7-13-27)29-36-30(43-38-29)37-31(40)39(18-14-26-20-34-16-17-35-26)19-15-28(21-2-8-24(32)9-3-21)22-4-10-25(33)11-5-22/h2-13,16-17,20,28H,14-15,18-19H2,1H3,(H,36,37,38,40). The molecule has 13 heteroatoms. The van der Waals surface area contributed by atoms with E-state index in [0.29, 0.717) is 37.3 Å². The number of carbonyl (C=O) groups excluding carboxylic acids is 1. The first kappa shape index (κ1) is 30.8. The Morgan fingerprint density at radius 3 is 2.11 bits per heavy atom. The Bertz CT molecular complexity index is 1760. The van der Waals surface area contributed by atoms with Crippen LogP contribution in [0.4, 0.5) is 18.7 Å². The molecule has 0 aliphatic carbocycles. The lowest BCUT2D eigenvalue weighted by molar-refractivity contribution is 0.210. The molecule has 44 heavy (non-hydrogen) atoms. The SMILES string of the molecule is CS(=O)(=O)c1ccc(-c2nsc(NC(=O)N(CCc3cnccn3)CCC(c3ccc(F)cc3)c3ccc(F)cc3)n2)cc1. The molecular weight excluding hydrogens is 607 g/mol. The van der Waals surface area contributed by atoms with Crippen molar-refractivity contribution in [2.24, 2.45) is 0 Å². The molecule has 0 fully saturated rings. The van der Waals surface area contributed by atoms with Crippen LogP contribution in [0.1, 0.15) is 29.2 Å². The normalized spacial score (nSPS) is 11.5. The highest BCUT2D eigenvalue weighted by atomic mass is 32.2. The molecule has 0 saturated heterocycles. The molecule has 2 heterocycles. The van der Waals surface area contributed by atoms with E-state index in [2.05, 4.69) is 24.6 Å². The van der Waals surface area contributed by atoms with Gasteiger partial charge in [-0.2, -0.15) is 9.36 Å². The Labute approximate surface area is 257 Å². The van der Waals surface area contributed by atoms with Crippen LogP contribution in [0, 0.1) is 11.6 Å². The van der Waals surface area contributed by atoms with Gasteiger partial charge in [0.2, 0.25) is 5.13 Å². The number of benzene rings is 3. The first-order valence-corrected chi connectivity index (χ1v) is 16.3. The summed E-state index contributed by atoms with van der Waals surface area (Å²) in [5, 5.41) is 3.10. The van der Waals surface area contributed by atoms with Crippen LogP contribution in [0.15, 0.2) is 96.3 Å². The van der Waals surface area contributed by atoms with Crippen molar-refractivity contribution in [1.29, 1.82) is 0 Å². The van der Waals surface area contributed by atoms with Crippen LogP contribution in [0.25, 0.3) is 11.4 Å². The first-order valence-electron chi connectivity index (χ1n) is 13.6. The van der Waals surface area contributed by atoms with Gasteiger partial charge in [0.25, 0.3) is 0 Å². The summed E-state index contributed by atoms with van der Waals surface area (Å²) in [6, 6.07) is 18.1. The Morgan fingerprint density at radius 2 is 1.55 bits per heavy atom. The predicted octanol–water partition coefficient (Wildman–Crippen LogP) is 5.98. The van der Waals surface area contributed by atoms with Crippen LogP contribution in [0.2, 0.25) is 0 Å². The van der Waals surface area contributed by atoms with Gasteiger partial charge in [0.15, 0.2) is 15.7 Å². The highest BCUT2D eigenvalue weighted by molar-refractivity contribution is 7.90. The smallest absolute Gasteiger partial charge is 0.323 e. The second-order valence-corrected chi connectivity index (χ2v) is 12.8. The Kier molecular flexibility index (Phi) is 9.65. The fourth-order valence-corrected chi connectivity index (χ4v) is 5.85. The molecule has 5 rings (SSSR count). The number of aromatic nitrogens is 4. The maximum absolute atomic E-state index is 13.7. The highest BCUT2D eigenvalue weighted by Gasteiger charge is 2.21. The van der Waals surface area contributed by atoms with E-state index >= 15 is 0 Å². The predicted molar refractivity (Wildman–Crippen MR) is 164 cm³/mol. The summed E-state index contributed by atoms with van der Waals surface area (Å²) in [6.45, 7) is 0.632. The lowest BCUT2D eigenvalue weighted by Gasteiger charge is -2.26. The zero-order chi connectivity index (χ0) is 31.1. The molecule has 0 aliphatic heterocycles. The molecule has 2 amide bonds. The van der Waals surface area contributed by atoms with Gasteiger partial charge in [-0.25, -0.2) is 22.0 Å². The molecule has 226 valence electrons. The number of nitrogens with one attached hydrogen (secondary N) is 1. The number of anilines is 1. The third-order valence-corrected chi connectivity index (χ3v) is 8.71. The summed E-state index contributed by atoms with van der Waals surface area (Å²) in [4.78, 5) is 28.2. The molecular formula is C31H28F2N6O3S2. The fourth-order valence-electron chi connectivity index (χ4n) is 4.64. The minimum atomic E-state index is -3.34. The highest BCUT2D eigenvalue weighted by Crippen LogP contribution is 2.29. The average molecular weight is 635 g/mol. The second-order valence-electron chi connectivity index (χ2n) is 10.0. The first-order chi connectivity index (χ1) is 21.2. The van der Waals surface area contributed by atoms with Crippen molar-refractivity contribution in [2.75, 3.05) is 24.7 Å². The number of sulfone groups is 1. The number of halogens is 2. The van der Waals surface area contributed by atoms with Crippen molar-refractivity contribution in [3.8, 4) is 11.4 Å². The molecule has 9 nitrogen and oxygen atoms in total. The van der Waals surface area contributed by atoms with Gasteiger partial charge in [-0.3, -0.25) is 15.3 Å². The molecule has 0 radical (unpaired) electrons. The van der Waals surface area contributed by atoms with Crippen LogP contribution in [0.5, 0.6) is 0 Å². The summed E-state index contributed by atoms with van der Waals surface area (Å²) >= 11 is 1.00. The van der Waals surface area contributed by atoms with Gasteiger partial charge in [0.05, 0.1) is 10.6 Å². The summed E-state index contributed by atoms with van der Waals surface area (Å²) in [6.07, 6.45) is 6.86. The topological polar surface area (TPSA) is 118 Å². The van der Waals surface area contributed by atoms with Crippen LogP contribution < -0.4 is 5.32 Å². The van der Waals surface area contributed by atoms with Gasteiger partial charge in [-0.05, 0) is 66.1 Å². The molecule has 5 aromatic rings. The number of hydrogen-bond acceptors (Lipinski definition) is 8. The number of nitrogens with zero attached hydrogens (tertiary/aromatic N) is 5. The van der Waals surface area contributed by atoms with E-state index in [4.69, 9.17) is 0 Å². The molecule has 0 aliphatic rings. The molecule has 0 bridgehead atoms. The van der Waals surface area contributed by atoms with E-state index in [1.165, 1.54) is 36.4 Å². The second kappa shape index (κ2) is 13.8. The molecule has 0 saturated carbocycles.